The number of aromatic hydroxyl groups is 1. The highest BCUT2D eigenvalue weighted by molar-refractivity contribution is 5.97. The number of amides is 2. The molecule has 0 radical (unpaired) electrons. The Morgan fingerprint density at radius 2 is 1.69 bits per heavy atom. The fraction of sp³-hybridized carbons (Fsp3) is 0.333. The Morgan fingerprint density at radius 3 is 2.34 bits per heavy atom. The van der Waals surface area contributed by atoms with Gasteiger partial charge in [-0.2, -0.15) is 26.3 Å². The molecule has 3 rings (SSSR count). The van der Waals surface area contributed by atoms with Gasteiger partial charge in [0.05, 0.1) is 16.7 Å². The molecule has 1 aliphatic heterocycles. The van der Waals surface area contributed by atoms with Gasteiger partial charge in [0.2, 0.25) is 5.91 Å². The van der Waals surface area contributed by atoms with E-state index >= 15 is 0 Å². The first-order chi connectivity index (χ1) is 14.9. The first-order valence-corrected chi connectivity index (χ1v) is 9.50. The number of rotatable bonds is 5. The summed E-state index contributed by atoms with van der Waals surface area (Å²) < 4.78 is 77.4. The largest absolute Gasteiger partial charge is 0.507 e. The van der Waals surface area contributed by atoms with Crippen LogP contribution in [0.4, 0.5) is 26.3 Å². The van der Waals surface area contributed by atoms with Crippen molar-refractivity contribution in [3.05, 3.63) is 64.7 Å². The molecule has 11 heteroatoms. The van der Waals surface area contributed by atoms with Gasteiger partial charge in [-0.25, -0.2) is 0 Å². The van der Waals surface area contributed by atoms with Gasteiger partial charge in [-0.15, -0.1) is 0 Å². The highest BCUT2D eigenvalue weighted by Crippen LogP contribution is 2.33. The summed E-state index contributed by atoms with van der Waals surface area (Å²) in [5, 5.41) is 12.2. The lowest BCUT2D eigenvalue weighted by Crippen LogP contribution is -2.41. The van der Waals surface area contributed by atoms with Gasteiger partial charge in [-0.1, -0.05) is 12.1 Å². The normalized spacial score (nSPS) is 17.0. The number of alkyl halides is 6. The molecule has 2 aromatic rings. The van der Waals surface area contributed by atoms with Crippen LogP contribution in [0.1, 0.15) is 39.9 Å². The van der Waals surface area contributed by atoms with E-state index in [9.17, 15) is 41.0 Å². The van der Waals surface area contributed by atoms with Crippen LogP contribution in [-0.2, 0) is 23.7 Å². The van der Waals surface area contributed by atoms with Crippen molar-refractivity contribution >= 4 is 11.8 Å². The number of hydrogen-bond donors (Lipinski definition) is 2. The summed E-state index contributed by atoms with van der Waals surface area (Å²) in [6.07, 6.45) is -8.81. The Balaban J connectivity index is 1.70. The highest BCUT2D eigenvalue weighted by atomic mass is 19.4. The Labute approximate surface area is 178 Å². The van der Waals surface area contributed by atoms with Crippen LogP contribution in [0.3, 0.4) is 0 Å². The maximum absolute atomic E-state index is 12.9. The fourth-order valence-corrected chi connectivity index (χ4v) is 3.47. The first-order valence-electron chi connectivity index (χ1n) is 9.50. The molecule has 0 bridgehead atoms. The Bertz CT molecular complexity index is 1020. The molecule has 1 aliphatic rings. The maximum Gasteiger partial charge on any atom is 0.416 e. The predicted molar refractivity (Wildman–Crippen MR) is 100 cm³/mol. The lowest BCUT2D eigenvalue weighted by Gasteiger charge is -2.25. The number of benzene rings is 2. The number of phenolic OH excluding ortho intramolecular Hbond substituents is 1. The molecule has 2 N–H and O–H groups in total. The summed E-state index contributed by atoms with van der Waals surface area (Å²) in [5.74, 6) is -1.92. The molecule has 2 aromatic carbocycles. The Morgan fingerprint density at radius 1 is 1.03 bits per heavy atom. The molecule has 2 amide bonds. The van der Waals surface area contributed by atoms with Crippen LogP contribution in [0, 0.1) is 0 Å². The van der Waals surface area contributed by atoms with Gasteiger partial charge in [0.15, 0.2) is 0 Å². The molecule has 172 valence electrons. The average molecular weight is 460 g/mol. The van der Waals surface area contributed by atoms with E-state index in [1.54, 1.807) is 0 Å². The molecule has 1 saturated heterocycles. The Hall–Kier alpha value is -3.24. The third-order valence-electron chi connectivity index (χ3n) is 5.13. The summed E-state index contributed by atoms with van der Waals surface area (Å²) in [5.41, 5.74) is -2.29. The van der Waals surface area contributed by atoms with Crippen molar-refractivity contribution < 1.29 is 41.0 Å². The topological polar surface area (TPSA) is 69.6 Å². The zero-order valence-electron chi connectivity index (χ0n) is 16.4. The Kier molecular flexibility index (Phi) is 6.38. The average Bonchev–Trinajstić information content (AvgIpc) is 3.04. The van der Waals surface area contributed by atoms with Crippen LogP contribution in [0.2, 0.25) is 0 Å². The molecule has 1 heterocycles. The summed E-state index contributed by atoms with van der Waals surface area (Å²) in [4.78, 5) is 25.9. The number of carbonyl (C=O) groups is 2. The van der Waals surface area contributed by atoms with Gasteiger partial charge < -0.3 is 15.3 Å². The minimum atomic E-state index is -4.71. The van der Waals surface area contributed by atoms with Crippen molar-refractivity contribution in [3.63, 3.8) is 0 Å². The molecule has 32 heavy (non-hydrogen) atoms. The number of hydrogen-bond acceptors (Lipinski definition) is 3. The van der Waals surface area contributed by atoms with E-state index in [0.717, 1.165) is 18.2 Å². The number of nitrogens with one attached hydrogen (secondary N) is 1. The quantitative estimate of drug-likeness (QED) is 0.652. The molecular formula is C21H18F6N2O3. The summed E-state index contributed by atoms with van der Waals surface area (Å²) in [6, 6.07) is 5.87. The number of nitrogens with zero attached hydrogens (tertiary/aromatic N) is 1. The van der Waals surface area contributed by atoms with Crippen LogP contribution >= 0.6 is 0 Å². The van der Waals surface area contributed by atoms with Crippen LogP contribution in [-0.4, -0.2) is 34.4 Å². The molecule has 0 spiro atoms. The lowest BCUT2D eigenvalue weighted by molar-refractivity contribution is -0.138. The van der Waals surface area contributed by atoms with E-state index in [-0.39, 0.29) is 31.0 Å². The fourth-order valence-electron chi connectivity index (χ4n) is 3.47. The molecule has 1 fully saturated rings. The van der Waals surface area contributed by atoms with E-state index in [2.05, 4.69) is 5.32 Å². The van der Waals surface area contributed by atoms with E-state index in [1.807, 2.05) is 0 Å². The molecule has 0 saturated carbocycles. The maximum atomic E-state index is 12.9. The van der Waals surface area contributed by atoms with E-state index in [0.29, 0.717) is 18.6 Å². The number of phenols is 1. The lowest BCUT2D eigenvalue weighted by atomic mass is 10.1. The minimum absolute atomic E-state index is 0.113. The monoisotopic (exact) mass is 460 g/mol. The minimum Gasteiger partial charge on any atom is -0.507 e. The van der Waals surface area contributed by atoms with E-state index in [4.69, 9.17) is 0 Å². The second-order valence-electron chi connectivity index (χ2n) is 7.35. The summed E-state index contributed by atoms with van der Waals surface area (Å²) >= 11 is 0. The molecule has 0 aliphatic carbocycles. The first kappa shape index (κ1) is 23.4. The van der Waals surface area contributed by atoms with Gasteiger partial charge in [0.1, 0.15) is 5.75 Å². The molecule has 5 nitrogen and oxygen atoms in total. The number of carbonyl (C=O) groups excluding carboxylic acids is 2. The van der Waals surface area contributed by atoms with Crippen molar-refractivity contribution in [3.8, 4) is 5.75 Å². The summed E-state index contributed by atoms with van der Waals surface area (Å²) in [6.45, 7) is -0.253. The summed E-state index contributed by atoms with van der Waals surface area (Å²) in [7, 11) is 0. The van der Waals surface area contributed by atoms with E-state index in [1.165, 1.54) is 17.0 Å². The smallest absolute Gasteiger partial charge is 0.416 e. The SMILES string of the molecule is O=C(NCC1CCC(=O)N1Cc1cccc(C(F)(F)F)c1)c1cc(C(F)(F)F)ccc1O. The molecular weight excluding hydrogens is 442 g/mol. The second-order valence-corrected chi connectivity index (χ2v) is 7.35. The highest BCUT2D eigenvalue weighted by Gasteiger charge is 2.34. The van der Waals surface area contributed by atoms with Crippen molar-refractivity contribution in [1.29, 1.82) is 0 Å². The zero-order chi connectivity index (χ0) is 23.7. The van der Waals surface area contributed by atoms with Crippen LogP contribution in [0.15, 0.2) is 42.5 Å². The number of likely N-dealkylation sites (tertiary alicyclic amines) is 1. The van der Waals surface area contributed by atoms with Gasteiger partial charge in [0, 0.05) is 25.6 Å². The molecule has 1 unspecified atom stereocenters. The van der Waals surface area contributed by atoms with Crippen LogP contribution in [0.25, 0.3) is 0 Å². The third-order valence-corrected chi connectivity index (χ3v) is 5.13. The van der Waals surface area contributed by atoms with E-state index < -0.39 is 46.7 Å². The zero-order valence-corrected chi connectivity index (χ0v) is 16.4. The van der Waals surface area contributed by atoms with Crippen LogP contribution in [0.5, 0.6) is 5.75 Å². The van der Waals surface area contributed by atoms with Crippen molar-refractivity contribution in [2.45, 2.75) is 37.8 Å². The van der Waals surface area contributed by atoms with Gasteiger partial charge in [0.25, 0.3) is 5.91 Å². The standard InChI is InChI=1S/C21H18F6N2O3/c22-20(23,24)13-3-1-2-12(8-13)11-29-15(5-7-18(29)31)10-28-19(32)16-9-14(21(25,26)27)4-6-17(16)30/h1-4,6,8-9,15,30H,5,7,10-11H2,(H,28,32). The van der Waals surface area contributed by atoms with Crippen molar-refractivity contribution in [1.82, 2.24) is 10.2 Å². The predicted octanol–water partition coefficient (Wildman–Crippen LogP) is 4.35. The molecule has 0 aromatic heterocycles. The van der Waals surface area contributed by atoms with Gasteiger partial charge in [-0.3, -0.25) is 9.59 Å². The number of halogens is 6. The van der Waals surface area contributed by atoms with Crippen molar-refractivity contribution in [2.24, 2.45) is 0 Å². The van der Waals surface area contributed by atoms with Gasteiger partial charge in [-0.05, 0) is 42.3 Å². The van der Waals surface area contributed by atoms with Gasteiger partial charge >= 0.3 is 12.4 Å². The van der Waals surface area contributed by atoms with Crippen LogP contribution < -0.4 is 5.32 Å². The second kappa shape index (κ2) is 8.71. The molecule has 1 atom stereocenters. The third kappa shape index (κ3) is 5.32. The van der Waals surface area contributed by atoms with Crippen molar-refractivity contribution in [2.75, 3.05) is 6.54 Å².